The molecule has 1 aromatic carbocycles. The topological polar surface area (TPSA) is 61.5 Å². The Labute approximate surface area is 111 Å². The number of methoxy groups -OCH3 is 1. The van der Waals surface area contributed by atoms with E-state index in [0.717, 1.165) is 5.56 Å². The third-order valence-corrected chi connectivity index (χ3v) is 3.38. The number of carbonyl (C=O) groups excluding carboxylic acids is 1. The first-order chi connectivity index (χ1) is 8.61. The zero-order valence-electron chi connectivity index (χ0n) is 10.2. The number of ether oxygens (including phenoxy) is 2. The van der Waals surface area contributed by atoms with Gasteiger partial charge in [0.1, 0.15) is 11.5 Å². The molecule has 0 aliphatic carbocycles. The first-order valence-corrected chi connectivity index (χ1v) is 6.18. The summed E-state index contributed by atoms with van der Waals surface area (Å²) in [6.45, 7) is 0.853. The van der Waals surface area contributed by atoms with Gasteiger partial charge < -0.3 is 15.2 Å². The zero-order valence-corrected chi connectivity index (χ0v) is 10.9. The Balaban J connectivity index is 2.13. The second kappa shape index (κ2) is 5.69. The molecule has 0 amide bonds. The number of hydrogen-bond donors (Lipinski definition) is 1. The number of nitrogens with two attached hydrogens (primary N) is 1. The summed E-state index contributed by atoms with van der Waals surface area (Å²) < 4.78 is 10.4. The van der Waals surface area contributed by atoms with Crippen molar-refractivity contribution >= 4 is 17.4 Å². The van der Waals surface area contributed by atoms with Crippen LogP contribution in [0.25, 0.3) is 0 Å². The van der Waals surface area contributed by atoms with Gasteiger partial charge in [-0.1, -0.05) is 11.6 Å². The zero-order chi connectivity index (χ0) is 13.1. The van der Waals surface area contributed by atoms with Crippen LogP contribution in [0.2, 0.25) is 5.02 Å². The summed E-state index contributed by atoms with van der Waals surface area (Å²) in [5.74, 6) is 0.509. The van der Waals surface area contributed by atoms with Gasteiger partial charge in [0.15, 0.2) is 0 Å². The van der Waals surface area contributed by atoms with Crippen molar-refractivity contribution in [1.82, 2.24) is 0 Å². The molecule has 4 nitrogen and oxygen atoms in total. The number of halogens is 1. The number of carbonyl (C=O) groups is 1. The SMILES string of the molecule is COc1ccc(Cl)cc1CC(=O)C1COCC1N. The number of Topliss-reactive ketones (excluding diaryl/α,β-unsaturated/α-hetero) is 1. The Hall–Kier alpha value is -1.10. The third-order valence-electron chi connectivity index (χ3n) is 3.15. The lowest BCUT2D eigenvalue weighted by atomic mass is 9.94. The van der Waals surface area contributed by atoms with Crippen molar-refractivity contribution < 1.29 is 14.3 Å². The predicted octanol–water partition coefficient (Wildman–Crippen LogP) is 1.43. The molecule has 0 aromatic heterocycles. The minimum atomic E-state index is -0.228. The molecule has 5 heteroatoms. The van der Waals surface area contributed by atoms with Crippen molar-refractivity contribution in [3.8, 4) is 5.75 Å². The molecule has 0 spiro atoms. The van der Waals surface area contributed by atoms with Gasteiger partial charge in [-0.15, -0.1) is 0 Å². The van der Waals surface area contributed by atoms with Crippen molar-refractivity contribution in [2.24, 2.45) is 11.7 Å². The Bertz CT molecular complexity index is 450. The molecule has 1 heterocycles. The molecule has 18 heavy (non-hydrogen) atoms. The van der Waals surface area contributed by atoms with E-state index in [4.69, 9.17) is 26.8 Å². The summed E-state index contributed by atoms with van der Waals surface area (Å²) in [6.07, 6.45) is 0.269. The number of rotatable bonds is 4. The molecule has 1 aliphatic heterocycles. The van der Waals surface area contributed by atoms with Crippen LogP contribution in [0.4, 0.5) is 0 Å². The highest BCUT2D eigenvalue weighted by molar-refractivity contribution is 6.30. The lowest BCUT2D eigenvalue weighted by molar-refractivity contribution is -0.122. The van der Waals surface area contributed by atoms with E-state index in [2.05, 4.69) is 0 Å². The van der Waals surface area contributed by atoms with Gasteiger partial charge in [-0.3, -0.25) is 4.79 Å². The molecule has 98 valence electrons. The van der Waals surface area contributed by atoms with E-state index < -0.39 is 0 Å². The minimum absolute atomic E-state index is 0.0700. The molecule has 2 unspecified atom stereocenters. The van der Waals surface area contributed by atoms with Crippen molar-refractivity contribution in [2.75, 3.05) is 20.3 Å². The average Bonchev–Trinajstić information content (AvgIpc) is 2.76. The molecule has 1 aliphatic rings. The second-order valence-corrected chi connectivity index (χ2v) is 4.84. The minimum Gasteiger partial charge on any atom is -0.496 e. The molecular weight excluding hydrogens is 254 g/mol. The van der Waals surface area contributed by atoms with Crippen molar-refractivity contribution in [3.63, 3.8) is 0 Å². The fourth-order valence-electron chi connectivity index (χ4n) is 2.11. The summed E-state index contributed by atoms with van der Waals surface area (Å²) in [4.78, 5) is 12.1. The van der Waals surface area contributed by atoms with E-state index in [1.165, 1.54) is 0 Å². The highest BCUT2D eigenvalue weighted by Crippen LogP contribution is 2.25. The molecular formula is C13H16ClNO3. The monoisotopic (exact) mass is 269 g/mol. The molecule has 1 aromatic rings. The van der Waals surface area contributed by atoms with Crippen LogP contribution >= 0.6 is 11.6 Å². The van der Waals surface area contributed by atoms with E-state index in [-0.39, 0.29) is 24.2 Å². The van der Waals surface area contributed by atoms with E-state index in [9.17, 15) is 4.79 Å². The normalized spacial score (nSPS) is 23.1. The molecule has 0 saturated carbocycles. The Morgan fingerprint density at radius 2 is 2.33 bits per heavy atom. The van der Waals surface area contributed by atoms with E-state index in [0.29, 0.717) is 24.0 Å². The fourth-order valence-corrected chi connectivity index (χ4v) is 2.30. The van der Waals surface area contributed by atoms with Crippen LogP contribution in [-0.4, -0.2) is 32.1 Å². The van der Waals surface area contributed by atoms with E-state index in [1.54, 1.807) is 25.3 Å². The summed E-state index contributed by atoms with van der Waals surface area (Å²) in [7, 11) is 1.57. The predicted molar refractivity (Wildman–Crippen MR) is 69.0 cm³/mol. The average molecular weight is 270 g/mol. The summed E-state index contributed by atoms with van der Waals surface area (Å²) in [5, 5.41) is 0.588. The van der Waals surface area contributed by atoms with Gasteiger partial charge in [-0.2, -0.15) is 0 Å². The van der Waals surface area contributed by atoms with Gasteiger partial charge in [-0.25, -0.2) is 0 Å². The molecule has 2 rings (SSSR count). The van der Waals surface area contributed by atoms with Gasteiger partial charge >= 0.3 is 0 Å². The maximum absolute atomic E-state index is 12.1. The molecule has 1 fully saturated rings. The van der Waals surface area contributed by atoms with Crippen LogP contribution < -0.4 is 10.5 Å². The van der Waals surface area contributed by atoms with Crippen LogP contribution in [0.15, 0.2) is 18.2 Å². The smallest absolute Gasteiger partial charge is 0.144 e. The maximum Gasteiger partial charge on any atom is 0.144 e. The lowest BCUT2D eigenvalue weighted by Crippen LogP contribution is -2.34. The van der Waals surface area contributed by atoms with Crippen molar-refractivity contribution in [2.45, 2.75) is 12.5 Å². The number of benzene rings is 1. The molecule has 0 radical (unpaired) electrons. The second-order valence-electron chi connectivity index (χ2n) is 4.41. The number of hydrogen-bond acceptors (Lipinski definition) is 4. The highest BCUT2D eigenvalue weighted by atomic mass is 35.5. The maximum atomic E-state index is 12.1. The molecule has 1 saturated heterocycles. The van der Waals surface area contributed by atoms with Gasteiger partial charge in [0, 0.05) is 23.0 Å². The lowest BCUT2D eigenvalue weighted by Gasteiger charge is -2.13. The van der Waals surface area contributed by atoms with Gasteiger partial charge in [0.2, 0.25) is 0 Å². The van der Waals surface area contributed by atoms with Crippen LogP contribution in [-0.2, 0) is 16.0 Å². The van der Waals surface area contributed by atoms with E-state index in [1.807, 2.05) is 0 Å². The van der Waals surface area contributed by atoms with Gasteiger partial charge in [-0.05, 0) is 18.2 Å². The first kappa shape index (κ1) is 13.3. The molecule has 2 N–H and O–H groups in total. The fraction of sp³-hybridized carbons (Fsp3) is 0.462. The molecule has 0 bridgehead atoms. The van der Waals surface area contributed by atoms with Gasteiger partial charge in [0.05, 0.1) is 26.2 Å². The quantitative estimate of drug-likeness (QED) is 0.898. The van der Waals surface area contributed by atoms with Crippen LogP contribution in [0, 0.1) is 5.92 Å². The summed E-state index contributed by atoms with van der Waals surface area (Å²) in [6, 6.07) is 5.04. The Kier molecular flexibility index (Phi) is 4.22. The van der Waals surface area contributed by atoms with Crippen molar-refractivity contribution in [3.05, 3.63) is 28.8 Å². The van der Waals surface area contributed by atoms with Crippen molar-refractivity contribution in [1.29, 1.82) is 0 Å². The van der Waals surface area contributed by atoms with Crippen LogP contribution in [0.3, 0.4) is 0 Å². The summed E-state index contributed by atoms with van der Waals surface area (Å²) in [5.41, 5.74) is 6.62. The van der Waals surface area contributed by atoms with E-state index >= 15 is 0 Å². The Morgan fingerprint density at radius 1 is 1.56 bits per heavy atom. The number of ketones is 1. The molecule has 2 atom stereocenters. The van der Waals surface area contributed by atoms with Crippen LogP contribution in [0.5, 0.6) is 5.75 Å². The largest absolute Gasteiger partial charge is 0.496 e. The summed E-state index contributed by atoms with van der Waals surface area (Å²) >= 11 is 5.93. The van der Waals surface area contributed by atoms with Crippen LogP contribution in [0.1, 0.15) is 5.56 Å². The standard InChI is InChI=1S/C13H16ClNO3/c1-17-13-3-2-9(14)4-8(13)5-12(16)10-6-18-7-11(10)15/h2-4,10-11H,5-7,15H2,1H3. The first-order valence-electron chi connectivity index (χ1n) is 5.80. The third kappa shape index (κ3) is 2.83. The highest BCUT2D eigenvalue weighted by Gasteiger charge is 2.31. The van der Waals surface area contributed by atoms with Gasteiger partial charge in [0.25, 0.3) is 0 Å². The Morgan fingerprint density at radius 3 is 2.94 bits per heavy atom.